The average Bonchev–Trinajstić information content (AvgIpc) is 3.20. The fraction of sp³-hybridized carbons (Fsp3) is 0.684. The largest absolute Gasteiger partial charge is 0.459 e. The van der Waals surface area contributed by atoms with Crippen molar-refractivity contribution in [3.8, 4) is 0 Å². The quantitative estimate of drug-likeness (QED) is 0.785. The molecule has 156 valence electrons. The van der Waals surface area contributed by atoms with E-state index in [1.54, 1.807) is 52.6 Å². The summed E-state index contributed by atoms with van der Waals surface area (Å²) in [5, 5.41) is 0. The Morgan fingerprint density at radius 1 is 1.18 bits per heavy atom. The zero-order valence-corrected chi connectivity index (χ0v) is 17.4. The van der Waals surface area contributed by atoms with Gasteiger partial charge in [-0.1, -0.05) is 0 Å². The Kier molecular flexibility index (Phi) is 6.36. The summed E-state index contributed by atoms with van der Waals surface area (Å²) < 4.78 is 10.8. The molecule has 1 aliphatic rings. The molecule has 1 atom stereocenters. The molecule has 2 heterocycles. The van der Waals surface area contributed by atoms with Gasteiger partial charge in [-0.3, -0.25) is 9.59 Å². The highest BCUT2D eigenvalue weighted by atomic mass is 16.6. The molecule has 0 saturated carbocycles. The minimum absolute atomic E-state index is 0.138. The van der Waals surface area contributed by atoms with Gasteiger partial charge in [0.25, 0.3) is 5.91 Å². The van der Waals surface area contributed by atoms with E-state index in [0.29, 0.717) is 13.0 Å². The van der Waals surface area contributed by atoms with E-state index in [1.807, 2.05) is 0 Å². The van der Waals surface area contributed by atoms with Gasteiger partial charge in [0, 0.05) is 25.5 Å². The maximum absolute atomic E-state index is 12.9. The number of rotatable bonds is 4. The van der Waals surface area contributed by atoms with Gasteiger partial charge in [-0.05, 0) is 48.0 Å². The van der Waals surface area contributed by atoms with Crippen molar-refractivity contribution in [2.24, 2.45) is 0 Å². The van der Waals surface area contributed by atoms with E-state index in [0.717, 1.165) is 0 Å². The molecule has 1 aromatic heterocycles. The molecule has 28 heavy (non-hydrogen) atoms. The van der Waals surface area contributed by atoms with E-state index in [2.05, 4.69) is 9.97 Å². The van der Waals surface area contributed by atoms with Crippen LogP contribution in [0, 0.1) is 0 Å². The van der Waals surface area contributed by atoms with Crippen LogP contribution < -0.4 is 0 Å². The number of H-pyrrole nitrogens is 1. The predicted octanol–water partition coefficient (Wildman–Crippen LogP) is 2.20. The number of likely N-dealkylation sites (tertiary alicyclic amines) is 1. The second-order valence-electron chi connectivity index (χ2n) is 8.83. The van der Waals surface area contributed by atoms with Crippen molar-refractivity contribution in [3.05, 3.63) is 18.2 Å². The number of aromatic nitrogens is 2. The maximum atomic E-state index is 12.9. The van der Waals surface area contributed by atoms with E-state index < -0.39 is 29.2 Å². The lowest BCUT2D eigenvalue weighted by atomic mass is 10.2. The van der Waals surface area contributed by atoms with Crippen LogP contribution in [-0.2, 0) is 14.3 Å². The first-order chi connectivity index (χ1) is 12.9. The van der Waals surface area contributed by atoms with Crippen LogP contribution >= 0.6 is 0 Å². The second-order valence-corrected chi connectivity index (χ2v) is 8.83. The molecule has 0 spiro atoms. The number of carbonyl (C=O) groups is 3. The molecular weight excluding hydrogens is 364 g/mol. The molecule has 9 nitrogen and oxygen atoms in total. The van der Waals surface area contributed by atoms with Gasteiger partial charge in [-0.15, -0.1) is 0 Å². The van der Waals surface area contributed by atoms with E-state index in [9.17, 15) is 14.4 Å². The summed E-state index contributed by atoms with van der Waals surface area (Å²) in [6, 6.07) is -0.336. The fourth-order valence-corrected chi connectivity index (χ4v) is 2.89. The third kappa shape index (κ3) is 6.24. The molecule has 2 rings (SSSR count). The summed E-state index contributed by atoms with van der Waals surface area (Å²) in [4.78, 5) is 47.3. The number of nitrogens with zero attached hydrogens (tertiary/aromatic N) is 3. The minimum atomic E-state index is -0.658. The number of aromatic amines is 1. The second kappa shape index (κ2) is 8.20. The Morgan fingerprint density at radius 2 is 1.82 bits per heavy atom. The summed E-state index contributed by atoms with van der Waals surface area (Å²) in [6.07, 6.45) is 3.12. The van der Waals surface area contributed by atoms with E-state index >= 15 is 0 Å². The third-order valence-corrected chi connectivity index (χ3v) is 3.94. The summed E-state index contributed by atoms with van der Waals surface area (Å²) in [6.45, 7) is 11.2. The molecule has 0 bridgehead atoms. The first kappa shape index (κ1) is 21.7. The Bertz CT molecular complexity index is 703. The van der Waals surface area contributed by atoms with Crippen molar-refractivity contribution < 1.29 is 23.9 Å². The Hall–Kier alpha value is -2.58. The first-order valence-corrected chi connectivity index (χ1v) is 9.36. The van der Waals surface area contributed by atoms with Gasteiger partial charge >= 0.3 is 12.1 Å². The average molecular weight is 394 g/mol. The molecular formula is C19H30N4O5. The highest BCUT2D eigenvalue weighted by molar-refractivity contribution is 5.93. The Labute approximate surface area is 165 Å². The summed E-state index contributed by atoms with van der Waals surface area (Å²) in [7, 11) is 0. The van der Waals surface area contributed by atoms with Crippen LogP contribution in [-0.4, -0.2) is 74.6 Å². The van der Waals surface area contributed by atoms with Crippen molar-refractivity contribution >= 4 is 18.0 Å². The third-order valence-electron chi connectivity index (χ3n) is 3.94. The lowest BCUT2D eigenvalue weighted by Crippen LogP contribution is -2.47. The molecule has 1 aliphatic heterocycles. The van der Waals surface area contributed by atoms with Gasteiger partial charge in [-0.2, -0.15) is 0 Å². The number of imidazole rings is 1. The lowest BCUT2D eigenvalue weighted by Gasteiger charge is -2.29. The maximum Gasteiger partial charge on any atom is 0.410 e. The minimum Gasteiger partial charge on any atom is -0.459 e. The summed E-state index contributed by atoms with van der Waals surface area (Å²) in [5.41, 5.74) is -1.26. The van der Waals surface area contributed by atoms with Gasteiger partial charge in [-0.25, -0.2) is 9.78 Å². The fourth-order valence-electron chi connectivity index (χ4n) is 2.89. The molecule has 0 aliphatic carbocycles. The zero-order chi connectivity index (χ0) is 21.1. The SMILES string of the molecule is CC(C)(C)OC(=O)CN(C(=O)c1ncc[nH]1)C1CCN(C(=O)OC(C)(C)C)C1. The number of hydrogen-bond acceptors (Lipinski definition) is 6. The van der Waals surface area contributed by atoms with Crippen LogP contribution in [0.15, 0.2) is 12.4 Å². The van der Waals surface area contributed by atoms with Crippen LogP contribution in [0.3, 0.4) is 0 Å². The molecule has 1 saturated heterocycles. The molecule has 1 unspecified atom stereocenters. The summed E-state index contributed by atoms with van der Waals surface area (Å²) >= 11 is 0. The highest BCUT2D eigenvalue weighted by Crippen LogP contribution is 2.21. The number of amides is 2. The van der Waals surface area contributed by atoms with Crippen LogP contribution in [0.5, 0.6) is 0 Å². The first-order valence-electron chi connectivity index (χ1n) is 9.36. The standard InChI is InChI=1S/C19H30N4O5/c1-18(2,3)27-14(24)12-23(16(25)15-20-8-9-21-15)13-7-10-22(11-13)17(26)28-19(4,5)6/h8-9,13H,7,10-12H2,1-6H3,(H,20,21). The van der Waals surface area contributed by atoms with Crippen LogP contribution in [0.4, 0.5) is 4.79 Å². The molecule has 0 radical (unpaired) electrons. The molecule has 1 fully saturated rings. The number of nitrogens with one attached hydrogen (secondary N) is 1. The molecule has 1 aromatic rings. The van der Waals surface area contributed by atoms with Crippen LogP contribution in [0.1, 0.15) is 58.6 Å². The van der Waals surface area contributed by atoms with Gasteiger partial charge < -0.3 is 24.3 Å². The number of ether oxygens (including phenoxy) is 2. The predicted molar refractivity (Wildman–Crippen MR) is 102 cm³/mol. The number of hydrogen-bond donors (Lipinski definition) is 1. The van der Waals surface area contributed by atoms with Crippen molar-refractivity contribution in [3.63, 3.8) is 0 Å². The Morgan fingerprint density at radius 3 is 2.36 bits per heavy atom. The van der Waals surface area contributed by atoms with Crippen molar-refractivity contribution in [2.75, 3.05) is 19.6 Å². The molecule has 2 amide bonds. The normalized spacial score (nSPS) is 17.4. The number of esters is 1. The van der Waals surface area contributed by atoms with Crippen LogP contribution in [0.2, 0.25) is 0 Å². The summed E-state index contributed by atoms with van der Waals surface area (Å²) in [5.74, 6) is -0.783. The van der Waals surface area contributed by atoms with Gasteiger partial charge in [0.1, 0.15) is 17.7 Å². The van der Waals surface area contributed by atoms with Gasteiger partial charge in [0.15, 0.2) is 5.82 Å². The van der Waals surface area contributed by atoms with Crippen LogP contribution in [0.25, 0.3) is 0 Å². The van der Waals surface area contributed by atoms with Gasteiger partial charge in [0.05, 0.1) is 6.04 Å². The van der Waals surface area contributed by atoms with Gasteiger partial charge in [0.2, 0.25) is 0 Å². The van der Waals surface area contributed by atoms with E-state index in [4.69, 9.17) is 9.47 Å². The van der Waals surface area contributed by atoms with Crippen molar-refractivity contribution in [2.45, 2.75) is 65.2 Å². The van der Waals surface area contributed by atoms with E-state index in [1.165, 1.54) is 11.1 Å². The number of carbonyl (C=O) groups excluding carboxylic acids is 3. The topological polar surface area (TPSA) is 105 Å². The smallest absolute Gasteiger partial charge is 0.410 e. The monoisotopic (exact) mass is 394 g/mol. The Balaban J connectivity index is 2.12. The van der Waals surface area contributed by atoms with Crippen molar-refractivity contribution in [1.82, 2.24) is 19.8 Å². The molecule has 0 aromatic carbocycles. The lowest BCUT2D eigenvalue weighted by molar-refractivity contribution is -0.156. The van der Waals surface area contributed by atoms with E-state index in [-0.39, 0.29) is 25.0 Å². The molecule has 9 heteroatoms. The zero-order valence-electron chi connectivity index (χ0n) is 17.4. The van der Waals surface area contributed by atoms with Crippen molar-refractivity contribution in [1.29, 1.82) is 0 Å². The molecule has 1 N–H and O–H groups in total. The highest BCUT2D eigenvalue weighted by Gasteiger charge is 2.37.